The minimum Gasteiger partial charge on any atom is -0.468 e. The number of ether oxygens (including phenoxy) is 3. The number of carbonyl (C=O) groups is 1. The number of benzene rings is 3. The van der Waals surface area contributed by atoms with Crippen LogP contribution in [-0.2, 0) is 15.9 Å². The maximum absolute atomic E-state index is 16.4. The van der Waals surface area contributed by atoms with Crippen molar-refractivity contribution in [2.75, 3.05) is 45.0 Å². The molecular weight excluding hydrogens is 568 g/mol. The third-order valence-electron chi connectivity index (χ3n) is 7.17. The van der Waals surface area contributed by atoms with E-state index < -0.39 is 46.3 Å². The van der Waals surface area contributed by atoms with Gasteiger partial charge in [0, 0.05) is 38.7 Å². The van der Waals surface area contributed by atoms with E-state index in [1.807, 2.05) is 0 Å². The zero-order valence-corrected chi connectivity index (χ0v) is 24.6. The fourth-order valence-electron chi connectivity index (χ4n) is 5.31. The van der Waals surface area contributed by atoms with Crippen LogP contribution in [-0.4, -0.2) is 66.6 Å². The lowest BCUT2D eigenvalue weighted by molar-refractivity contribution is 0.0240. The molecule has 2 heterocycles. The highest BCUT2D eigenvalue weighted by atomic mass is 19.1. The standard InChI is InChI=1S/C31H32F4N4O4/c1-6-19-22(32)8-7-17-13-18(42-16-41-5)14-20(24(17)19)25-23(33)15-21-27(26(25)34)36-29(35)37-28(21)38-9-11-39(12-10-38)30(40)43-31(2,3)4/h7-8,13-15H,6,9-12,16H2,1-5H3. The quantitative estimate of drug-likeness (QED) is 0.140. The summed E-state index contributed by atoms with van der Waals surface area (Å²) in [6, 6.07) is 6.88. The van der Waals surface area contributed by atoms with Gasteiger partial charge in [-0.15, -0.1) is 0 Å². The first-order valence-corrected chi connectivity index (χ1v) is 13.9. The molecule has 1 amide bonds. The largest absolute Gasteiger partial charge is 0.468 e. The Kier molecular flexibility index (Phi) is 8.33. The summed E-state index contributed by atoms with van der Waals surface area (Å²) in [6.45, 7) is 7.81. The Labute approximate surface area is 246 Å². The highest BCUT2D eigenvalue weighted by molar-refractivity contribution is 6.03. The Bertz CT molecular complexity index is 1700. The number of amides is 1. The maximum atomic E-state index is 16.4. The number of halogens is 4. The van der Waals surface area contributed by atoms with Crippen molar-refractivity contribution in [1.29, 1.82) is 0 Å². The molecule has 0 N–H and O–H groups in total. The number of fused-ring (bicyclic) bond motifs is 2. The molecule has 5 rings (SSSR count). The van der Waals surface area contributed by atoms with Crippen molar-refractivity contribution < 1.29 is 36.6 Å². The molecule has 0 aliphatic carbocycles. The van der Waals surface area contributed by atoms with E-state index in [4.69, 9.17) is 14.2 Å². The second kappa shape index (κ2) is 11.8. The molecule has 0 spiro atoms. The van der Waals surface area contributed by atoms with E-state index >= 15 is 8.78 Å². The fraction of sp³-hybridized carbons (Fsp3) is 0.387. The second-order valence-corrected chi connectivity index (χ2v) is 11.2. The van der Waals surface area contributed by atoms with Crippen LogP contribution >= 0.6 is 0 Å². The molecule has 1 aromatic heterocycles. The summed E-state index contributed by atoms with van der Waals surface area (Å²) in [5.41, 5.74) is -1.30. The predicted molar refractivity (Wildman–Crippen MR) is 154 cm³/mol. The first-order chi connectivity index (χ1) is 20.4. The first-order valence-electron chi connectivity index (χ1n) is 13.9. The Morgan fingerprint density at radius 1 is 0.977 bits per heavy atom. The van der Waals surface area contributed by atoms with Gasteiger partial charge in [0.2, 0.25) is 0 Å². The summed E-state index contributed by atoms with van der Waals surface area (Å²) in [6.07, 6.45) is -1.43. The number of piperazine rings is 1. The van der Waals surface area contributed by atoms with E-state index in [9.17, 15) is 13.6 Å². The van der Waals surface area contributed by atoms with Crippen molar-refractivity contribution in [1.82, 2.24) is 14.9 Å². The van der Waals surface area contributed by atoms with Crippen LogP contribution in [0.25, 0.3) is 32.8 Å². The molecule has 43 heavy (non-hydrogen) atoms. The normalized spacial score (nSPS) is 14.1. The Hall–Kier alpha value is -4.19. The van der Waals surface area contributed by atoms with E-state index in [2.05, 4.69) is 9.97 Å². The number of aromatic nitrogens is 2. The molecule has 0 bridgehead atoms. The van der Waals surface area contributed by atoms with Crippen molar-refractivity contribution in [3.63, 3.8) is 0 Å². The summed E-state index contributed by atoms with van der Waals surface area (Å²) in [5.74, 6) is -2.37. The van der Waals surface area contributed by atoms with Crippen LogP contribution in [0.4, 0.5) is 28.2 Å². The molecule has 228 valence electrons. The van der Waals surface area contributed by atoms with Crippen LogP contribution in [0, 0.1) is 23.5 Å². The van der Waals surface area contributed by atoms with Gasteiger partial charge in [-0.25, -0.2) is 18.0 Å². The number of nitrogens with zero attached hydrogens (tertiary/aromatic N) is 4. The summed E-state index contributed by atoms with van der Waals surface area (Å²) in [4.78, 5) is 23.2. The molecule has 12 heteroatoms. The highest BCUT2D eigenvalue weighted by Crippen LogP contribution is 2.41. The monoisotopic (exact) mass is 600 g/mol. The van der Waals surface area contributed by atoms with Crippen molar-refractivity contribution in [3.8, 4) is 16.9 Å². The number of carbonyl (C=O) groups excluding carboxylic acids is 1. The zero-order valence-electron chi connectivity index (χ0n) is 24.6. The van der Waals surface area contributed by atoms with Crippen LogP contribution in [0.15, 0.2) is 30.3 Å². The highest BCUT2D eigenvalue weighted by Gasteiger charge is 2.29. The molecule has 1 aliphatic rings. The molecule has 0 unspecified atom stereocenters. The minimum absolute atomic E-state index is 0.00184. The Morgan fingerprint density at radius 2 is 1.70 bits per heavy atom. The second-order valence-electron chi connectivity index (χ2n) is 11.2. The smallest absolute Gasteiger partial charge is 0.410 e. The summed E-state index contributed by atoms with van der Waals surface area (Å²) < 4.78 is 78.1. The molecular formula is C31H32F4N4O4. The fourth-order valence-corrected chi connectivity index (χ4v) is 5.31. The molecule has 0 saturated carbocycles. The number of anilines is 1. The number of methoxy groups -OCH3 is 1. The Morgan fingerprint density at radius 3 is 2.35 bits per heavy atom. The Balaban J connectivity index is 1.62. The molecule has 1 fully saturated rings. The SMILES string of the molecule is CCc1c(F)ccc2cc(OCOC)cc(-c3c(F)cc4c(N5CCN(C(=O)OC(C)(C)C)CC5)nc(F)nc4c3F)c12. The van der Waals surface area contributed by atoms with Crippen molar-refractivity contribution in [2.24, 2.45) is 0 Å². The van der Waals surface area contributed by atoms with Crippen molar-refractivity contribution in [3.05, 3.63) is 59.4 Å². The molecule has 0 atom stereocenters. The van der Waals surface area contributed by atoms with Gasteiger partial charge < -0.3 is 24.0 Å². The number of aryl methyl sites for hydroxylation is 1. The molecule has 8 nitrogen and oxygen atoms in total. The molecule has 1 saturated heterocycles. The zero-order chi connectivity index (χ0) is 31.1. The van der Waals surface area contributed by atoms with Crippen molar-refractivity contribution in [2.45, 2.75) is 39.7 Å². The molecule has 4 aromatic rings. The minimum atomic E-state index is -1.20. The van der Waals surface area contributed by atoms with E-state index in [1.165, 1.54) is 30.2 Å². The van der Waals surface area contributed by atoms with Gasteiger partial charge in [-0.3, -0.25) is 0 Å². The van der Waals surface area contributed by atoms with Crippen molar-refractivity contribution >= 4 is 33.6 Å². The first kappa shape index (κ1) is 30.3. The summed E-state index contributed by atoms with van der Waals surface area (Å²) >= 11 is 0. The van der Waals surface area contributed by atoms with E-state index in [1.54, 1.807) is 38.7 Å². The van der Waals surface area contributed by atoms with Gasteiger partial charge >= 0.3 is 12.2 Å². The average molecular weight is 601 g/mol. The number of hydrogen-bond acceptors (Lipinski definition) is 7. The summed E-state index contributed by atoms with van der Waals surface area (Å²) in [7, 11) is 1.43. The maximum Gasteiger partial charge on any atom is 0.410 e. The third kappa shape index (κ3) is 6.01. The summed E-state index contributed by atoms with van der Waals surface area (Å²) in [5, 5.41) is 0.763. The van der Waals surface area contributed by atoms with Crippen LogP contribution in [0.3, 0.4) is 0 Å². The predicted octanol–water partition coefficient (Wildman–Crippen LogP) is 6.61. The van der Waals surface area contributed by atoms with Gasteiger partial charge in [-0.05, 0) is 73.4 Å². The van der Waals surface area contributed by atoms with Crippen LogP contribution in [0.2, 0.25) is 0 Å². The van der Waals surface area contributed by atoms with E-state index in [-0.39, 0.29) is 67.5 Å². The van der Waals surface area contributed by atoms with Crippen LogP contribution in [0.5, 0.6) is 5.75 Å². The third-order valence-corrected chi connectivity index (χ3v) is 7.17. The van der Waals surface area contributed by atoms with Gasteiger partial charge in [0.1, 0.15) is 34.3 Å². The molecule has 3 aromatic carbocycles. The lowest BCUT2D eigenvalue weighted by atomic mass is 9.91. The van der Waals surface area contributed by atoms with E-state index in [0.29, 0.717) is 10.8 Å². The van der Waals surface area contributed by atoms with Crippen LogP contribution in [0.1, 0.15) is 33.3 Å². The number of hydrogen-bond donors (Lipinski definition) is 0. The van der Waals surface area contributed by atoms with Gasteiger partial charge in [-0.2, -0.15) is 14.4 Å². The van der Waals surface area contributed by atoms with Gasteiger partial charge in [0.25, 0.3) is 0 Å². The van der Waals surface area contributed by atoms with Gasteiger partial charge in [0.05, 0.1) is 5.56 Å². The number of rotatable bonds is 6. The topological polar surface area (TPSA) is 77.0 Å². The molecule has 1 aliphatic heterocycles. The van der Waals surface area contributed by atoms with Gasteiger partial charge in [-0.1, -0.05) is 13.0 Å². The molecule has 0 radical (unpaired) electrons. The van der Waals surface area contributed by atoms with E-state index in [0.717, 1.165) is 6.07 Å². The van der Waals surface area contributed by atoms with Gasteiger partial charge in [0.15, 0.2) is 12.6 Å². The lowest BCUT2D eigenvalue weighted by Gasteiger charge is -2.36. The van der Waals surface area contributed by atoms with Crippen LogP contribution < -0.4 is 9.64 Å². The average Bonchev–Trinajstić information content (AvgIpc) is 2.95. The lowest BCUT2D eigenvalue weighted by Crippen LogP contribution is -2.50.